The molecule has 0 radical (unpaired) electrons. The third kappa shape index (κ3) is 17.2. The normalized spacial score (nSPS) is 24.4. The molecule has 0 aromatic carbocycles. The number of hydrogen-bond acceptors (Lipinski definition) is 7. The van der Waals surface area contributed by atoms with Gasteiger partial charge < -0.3 is 19.7 Å². The molecule has 8 nitrogen and oxygen atoms in total. The Labute approximate surface area is 213 Å². The first-order valence-corrected chi connectivity index (χ1v) is 12.4. The van der Waals surface area contributed by atoms with E-state index in [4.69, 9.17) is 14.6 Å². The van der Waals surface area contributed by atoms with E-state index in [9.17, 15) is 24.3 Å². The van der Waals surface area contributed by atoms with Crippen molar-refractivity contribution in [3.63, 3.8) is 0 Å². The predicted octanol–water partition coefficient (Wildman–Crippen LogP) is 4.54. The first-order chi connectivity index (χ1) is 17.3. The van der Waals surface area contributed by atoms with Crippen LogP contribution in [0, 0.1) is 0 Å². The van der Waals surface area contributed by atoms with Crippen LogP contribution in [0.25, 0.3) is 0 Å². The molecule has 8 heteroatoms. The Morgan fingerprint density at radius 2 is 1.72 bits per heavy atom. The number of rotatable bonds is 4. The maximum atomic E-state index is 12.0. The van der Waals surface area contributed by atoms with Gasteiger partial charge in [-0.25, -0.2) is 4.79 Å². The molecule has 3 unspecified atom stereocenters. The van der Waals surface area contributed by atoms with Crippen molar-refractivity contribution in [2.75, 3.05) is 0 Å². The molecule has 0 aromatic rings. The zero-order chi connectivity index (χ0) is 26.6. The molecule has 36 heavy (non-hydrogen) atoms. The molecule has 3 atom stereocenters. The van der Waals surface area contributed by atoms with Gasteiger partial charge in [0, 0.05) is 25.3 Å². The molecule has 1 aliphatic rings. The summed E-state index contributed by atoms with van der Waals surface area (Å²) in [6.07, 6.45) is 18.9. The van der Waals surface area contributed by atoms with Gasteiger partial charge in [0.05, 0.1) is 25.0 Å². The van der Waals surface area contributed by atoms with Crippen LogP contribution in [0.5, 0.6) is 0 Å². The van der Waals surface area contributed by atoms with E-state index in [1.807, 2.05) is 19.1 Å². The average Bonchev–Trinajstić information content (AvgIpc) is 2.80. The molecule has 0 bridgehead atoms. The summed E-state index contributed by atoms with van der Waals surface area (Å²) in [5, 5.41) is 18.8. The van der Waals surface area contributed by atoms with Crippen LogP contribution in [0.15, 0.2) is 60.8 Å². The molecule has 198 valence electrons. The number of esters is 2. The highest BCUT2D eigenvalue weighted by Crippen LogP contribution is 2.10. The van der Waals surface area contributed by atoms with Crippen molar-refractivity contribution in [1.29, 1.82) is 0 Å². The Hall–Kier alpha value is -3.26. The van der Waals surface area contributed by atoms with Gasteiger partial charge in [-0.1, -0.05) is 48.6 Å². The quantitative estimate of drug-likeness (QED) is 0.424. The molecule has 0 aliphatic carbocycles. The van der Waals surface area contributed by atoms with Crippen molar-refractivity contribution in [3.8, 4) is 0 Å². The summed E-state index contributed by atoms with van der Waals surface area (Å²) in [5.41, 5.74) is 0. The number of cyclic esters (lactones) is 1. The highest BCUT2D eigenvalue weighted by Gasteiger charge is 2.12. The maximum absolute atomic E-state index is 12.0. The Morgan fingerprint density at radius 3 is 2.50 bits per heavy atom. The number of ketones is 1. The van der Waals surface area contributed by atoms with Gasteiger partial charge >= 0.3 is 17.9 Å². The minimum Gasteiger partial charge on any atom is -0.481 e. The van der Waals surface area contributed by atoms with E-state index in [1.54, 1.807) is 42.5 Å². The minimum atomic E-state index is -1.08. The fraction of sp³-hybridized carbons (Fsp3) is 0.500. The van der Waals surface area contributed by atoms with E-state index in [1.165, 1.54) is 6.08 Å². The van der Waals surface area contributed by atoms with Crippen molar-refractivity contribution >= 4 is 23.7 Å². The van der Waals surface area contributed by atoms with Crippen molar-refractivity contribution in [2.24, 2.45) is 0 Å². The summed E-state index contributed by atoms with van der Waals surface area (Å²) < 4.78 is 10.7. The molecule has 1 rings (SSSR count). The zero-order valence-corrected chi connectivity index (χ0v) is 20.9. The van der Waals surface area contributed by atoms with Gasteiger partial charge in [-0.3, -0.25) is 14.4 Å². The highest BCUT2D eigenvalue weighted by molar-refractivity contribution is 5.82. The molecule has 1 heterocycles. The number of aliphatic hydroxyl groups is 1. The van der Waals surface area contributed by atoms with Crippen LogP contribution in [0.3, 0.4) is 0 Å². The SMILES string of the molecule is CC1CCCC=CCCC(=O)CC(O)CC=C/C=C/C(OC(=O)CCC(=O)O)CC=CC=CC(=O)O1. The topological polar surface area (TPSA) is 127 Å². The molecular weight excluding hydrogens is 464 g/mol. The molecule has 2 N–H and O–H groups in total. The molecule has 0 aromatic heterocycles. The van der Waals surface area contributed by atoms with Gasteiger partial charge in [0.1, 0.15) is 11.9 Å². The van der Waals surface area contributed by atoms with Gasteiger partial charge in [-0.15, -0.1) is 0 Å². The van der Waals surface area contributed by atoms with E-state index in [-0.39, 0.29) is 31.1 Å². The smallest absolute Gasteiger partial charge is 0.331 e. The number of carboxylic acid groups (broad SMARTS) is 1. The van der Waals surface area contributed by atoms with E-state index in [0.29, 0.717) is 25.7 Å². The van der Waals surface area contributed by atoms with Crippen LogP contribution in [0.1, 0.15) is 71.1 Å². The Bertz CT molecular complexity index is 850. The summed E-state index contributed by atoms with van der Waals surface area (Å²) in [6.45, 7) is 1.84. The number of aliphatic carboxylic acids is 1. The molecule has 1 aliphatic heterocycles. The lowest BCUT2D eigenvalue weighted by Crippen LogP contribution is -2.16. The van der Waals surface area contributed by atoms with Crippen LogP contribution >= 0.6 is 0 Å². The molecule has 0 saturated heterocycles. The van der Waals surface area contributed by atoms with Crippen molar-refractivity contribution in [1.82, 2.24) is 0 Å². The molecule has 0 saturated carbocycles. The molecule has 0 fully saturated rings. The number of hydrogen-bond donors (Lipinski definition) is 2. The van der Waals surface area contributed by atoms with Crippen LogP contribution < -0.4 is 0 Å². The van der Waals surface area contributed by atoms with Crippen molar-refractivity contribution in [3.05, 3.63) is 60.8 Å². The van der Waals surface area contributed by atoms with E-state index in [0.717, 1.165) is 19.3 Å². The van der Waals surface area contributed by atoms with Gasteiger partial charge in [0.2, 0.25) is 0 Å². The highest BCUT2D eigenvalue weighted by atomic mass is 16.5. The zero-order valence-electron chi connectivity index (χ0n) is 20.9. The Kier molecular flexibility index (Phi) is 16.2. The van der Waals surface area contributed by atoms with Crippen molar-refractivity contribution in [2.45, 2.75) is 89.4 Å². The Balaban J connectivity index is 2.83. The Morgan fingerprint density at radius 1 is 1.00 bits per heavy atom. The van der Waals surface area contributed by atoms with Gasteiger partial charge in [0.15, 0.2) is 0 Å². The van der Waals surface area contributed by atoms with Crippen LogP contribution in [0.4, 0.5) is 0 Å². The van der Waals surface area contributed by atoms with Crippen LogP contribution in [0.2, 0.25) is 0 Å². The summed E-state index contributed by atoms with van der Waals surface area (Å²) >= 11 is 0. The van der Waals surface area contributed by atoms with Crippen molar-refractivity contribution < 1.29 is 38.9 Å². The summed E-state index contributed by atoms with van der Waals surface area (Å²) in [4.78, 5) is 46.6. The lowest BCUT2D eigenvalue weighted by molar-refractivity contribution is -0.150. The monoisotopic (exact) mass is 502 g/mol. The first-order valence-electron chi connectivity index (χ1n) is 12.4. The third-order valence-electron chi connectivity index (χ3n) is 5.17. The fourth-order valence-electron chi connectivity index (χ4n) is 3.28. The lowest BCUT2D eigenvalue weighted by Gasteiger charge is -2.12. The number of aliphatic hydroxyl groups excluding tert-OH is 1. The second-order valence-corrected chi connectivity index (χ2v) is 8.58. The second-order valence-electron chi connectivity index (χ2n) is 8.58. The number of carbonyl (C=O) groups is 4. The number of ether oxygens (including phenoxy) is 2. The summed E-state index contributed by atoms with van der Waals surface area (Å²) in [6, 6.07) is 0. The number of carboxylic acids is 1. The van der Waals surface area contributed by atoms with E-state index >= 15 is 0 Å². The van der Waals surface area contributed by atoms with E-state index in [2.05, 4.69) is 0 Å². The fourth-order valence-corrected chi connectivity index (χ4v) is 3.28. The molecule has 0 amide bonds. The second kappa shape index (κ2) is 19.0. The summed E-state index contributed by atoms with van der Waals surface area (Å²) in [7, 11) is 0. The summed E-state index contributed by atoms with van der Waals surface area (Å²) in [5.74, 6) is -2.16. The van der Waals surface area contributed by atoms with Gasteiger partial charge in [0.25, 0.3) is 0 Å². The standard InChI is InChI=1S/C28H38O8/c1-22-13-7-3-2-4-8-14-23(29)21-24(30)15-9-5-10-16-25(36-28(34)20-19-26(31)32)17-11-6-12-18-27(33)35-22/h2,4-6,9-12,16,18,22,24-25,30H,3,7-8,13-15,17,19-21H2,1H3,(H,31,32)/b4-2?,9-5?,11-6?,16-10+,18-12?. The number of allylic oxidation sites excluding steroid dienone is 6. The van der Waals surface area contributed by atoms with Gasteiger partial charge in [-0.2, -0.15) is 0 Å². The first kappa shape index (κ1) is 30.8. The number of Topliss-reactive ketones (excluding diaryl/α,β-unsaturated/α-hetero) is 1. The van der Waals surface area contributed by atoms with Crippen LogP contribution in [-0.4, -0.2) is 52.2 Å². The molecular formula is C28H38O8. The third-order valence-corrected chi connectivity index (χ3v) is 5.17. The predicted molar refractivity (Wildman–Crippen MR) is 136 cm³/mol. The molecule has 0 spiro atoms. The van der Waals surface area contributed by atoms with Gasteiger partial charge in [-0.05, 0) is 45.1 Å². The van der Waals surface area contributed by atoms with Crippen LogP contribution in [-0.2, 0) is 28.7 Å². The minimum absolute atomic E-state index is 0.000683. The maximum Gasteiger partial charge on any atom is 0.331 e. The largest absolute Gasteiger partial charge is 0.481 e. The number of carbonyl (C=O) groups excluding carboxylic acids is 3. The average molecular weight is 503 g/mol. The van der Waals surface area contributed by atoms with E-state index < -0.39 is 30.1 Å². The lowest BCUT2D eigenvalue weighted by atomic mass is 10.1.